The van der Waals surface area contributed by atoms with Crippen LogP contribution in [0.5, 0.6) is 0 Å². The summed E-state index contributed by atoms with van der Waals surface area (Å²) in [6.45, 7) is 0. The van der Waals surface area contributed by atoms with Crippen LogP contribution in [-0.4, -0.2) is 19.5 Å². The molecular weight excluding hydrogens is 661 g/mol. The Morgan fingerprint density at radius 1 is 0.389 bits per heavy atom. The summed E-state index contributed by atoms with van der Waals surface area (Å²) in [5.74, 6) is 1.83. The minimum Gasteiger partial charge on any atom is -0.455 e. The number of para-hydroxylation sites is 2. The third-order valence-electron chi connectivity index (χ3n) is 10.4. The Morgan fingerprint density at radius 2 is 0.944 bits per heavy atom. The Balaban J connectivity index is 1.18. The second kappa shape index (κ2) is 12.1. The molecule has 0 radical (unpaired) electrons. The summed E-state index contributed by atoms with van der Waals surface area (Å²) < 4.78 is 9.40. The van der Waals surface area contributed by atoms with Gasteiger partial charge in [0.1, 0.15) is 11.2 Å². The Morgan fingerprint density at radius 3 is 1.61 bits per heavy atom. The maximum absolute atomic E-state index is 7.02. The van der Waals surface area contributed by atoms with E-state index in [1.807, 2.05) is 60.7 Å². The molecule has 0 aliphatic rings. The maximum atomic E-state index is 7.02. The lowest BCUT2D eigenvalue weighted by Gasteiger charge is -2.12. The van der Waals surface area contributed by atoms with Crippen LogP contribution in [0.15, 0.2) is 186 Å². The van der Waals surface area contributed by atoms with Gasteiger partial charge in [0.25, 0.3) is 0 Å². The molecule has 11 rings (SSSR count). The van der Waals surface area contributed by atoms with Gasteiger partial charge in [-0.25, -0.2) is 15.0 Å². The van der Waals surface area contributed by atoms with Crippen molar-refractivity contribution in [3.8, 4) is 51.0 Å². The van der Waals surface area contributed by atoms with E-state index in [-0.39, 0.29) is 0 Å². The molecular formula is C49H30N4O. The summed E-state index contributed by atoms with van der Waals surface area (Å²) in [6, 6.07) is 63.3. The number of nitrogens with zero attached hydrogens (tertiary/aromatic N) is 4. The molecule has 5 nitrogen and oxygen atoms in total. The molecule has 0 saturated carbocycles. The first kappa shape index (κ1) is 30.3. The third kappa shape index (κ3) is 4.83. The molecule has 0 amide bonds. The van der Waals surface area contributed by atoms with Gasteiger partial charge >= 0.3 is 0 Å². The second-order valence-corrected chi connectivity index (χ2v) is 13.6. The van der Waals surface area contributed by atoms with Crippen molar-refractivity contribution < 1.29 is 4.42 Å². The zero-order valence-electron chi connectivity index (χ0n) is 29.0. The highest BCUT2D eigenvalue weighted by Crippen LogP contribution is 2.43. The van der Waals surface area contributed by atoms with Gasteiger partial charge in [-0.05, 0) is 58.8 Å². The molecule has 0 spiro atoms. The van der Waals surface area contributed by atoms with Crippen molar-refractivity contribution in [2.75, 3.05) is 0 Å². The van der Waals surface area contributed by atoms with Crippen molar-refractivity contribution in [3.05, 3.63) is 182 Å². The topological polar surface area (TPSA) is 56.7 Å². The number of fused-ring (bicyclic) bond motifs is 7. The average molecular weight is 691 g/mol. The van der Waals surface area contributed by atoms with Crippen molar-refractivity contribution >= 4 is 54.5 Å². The summed E-state index contributed by atoms with van der Waals surface area (Å²) in [6.07, 6.45) is 0. The van der Waals surface area contributed by atoms with Gasteiger partial charge in [0.05, 0.1) is 22.1 Å². The van der Waals surface area contributed by atoms with Crippen LogP contribution in [0.3, 0.4) is 0 Å². The fourth-order valence-electron chi connectivity index (χ4n) is 7.89. The molecule has 8 aromatic carbocycles. The lowest BCUT2D eigenvalue weighted by Crippen LogP contribution is -2.00. The molecule has 0 unspecified atom stereocenters. The normalized spacial score (nSPS) is 11.7. The van der Waals surface area contributed by atoms with Gasteiger partial charge in [-0.1, -0.05) is 140 Å². The number of aromatic nitrogens is 4. The molecule has 0 atom stereocenters. The van der Waals surface area contributed by atoms with Gasteiger partial charge in [-0.3, -0.25) is 0 Å². The van der Waals surface area contributed by atoms with Crippen LogP contribution in [0.25, 0.3) is 105 Å². The van der Waals surface area contributed by atoms with Crippen molar-refractivity contribution in [1.29, 1.82) is 0 Å². The molecule has 0 bridgehead atoms. The molecule has 0 saturated heterocycles. The highest BCUT2D eigenvalue weighted by Gasteiger charge is 2.22. The molecule has 0 N–H and O–H groups in total. The van der Waals surface area contributed by atoms with E-state index in [0.717, 1.165) is 66.5 Å². The van der Waals surface area contributed by atoms with Crippen molar-refractivity contribution in [3.63, 3.8) is 0 Å². The highest BCUT2D eigenvalue weighted by atomic mass is 16.3. The lowest BCUT2D eigenvalue weighted by molar-refractivity contribution is 0.670. The van der Waals surface area contributed by atoms with E-state index in [0.29, 0.717) is 17.5 Å². The number of hydrogen-bond acceptors (Lipinski definition) is 4. The van der Waals surface area contributed by atoms with Gasteiger partial charge in [0.2, 0.25) is 0 Å². The van der Waals surface area contributed by atoms with Crippen LogP contribution in [0.2, 0.25) is 0 Å². The smallest absolute Gasteiger partial charge is 0.164 e. The largest absolute Gasteiger partial charge is 0.455 e. The van der Waals surface area contributed by atoms with Gasteiger partial charge in [0.15, 0.2) is 17.5 Å². The van der Waals surface area contributed by atoms with Crippen LogP contribution in [0.4, 0.5) is 0 Å². The average Bonchev–Trinajstić information content (AvgIpc) is 3.80. The Hall–Kier alpha value is -7.37. The molecule has 54 heavy (non-hydrogen) atoms. The monoisotopic (exact) mass is 690 g/mol. The molecule has 3 heterocycles. The van der Waals surface area contributed by atoms with Crippen LogP contribution in [0, 0.1) is 0 Å². The number of benzene rings is 8. The van der Waals surface area contributed by atoms with E-state index >= 15 is 0 Å². The summed E-state index contributed by atoms with van der Waals surface area (Å²) in [5, 5.41) is 6.90. The van der Waals surface area contributed by atoms with Crippen molar-refractivity contribution in [2.24, 2.45) is 0 Å². The second-order valence-electron chi connectivity index (χ2n) is 13.6. The first-order valence-electron chi connectivity index (χ1n) is 18.1. The van der Waals surface area contributed by atoms with Gasteiger partial charge in [0, 0.05) is 38.4 Å². The first-order chi connectivity index (χ1) is 26.8. The molecule has 0 aliphatic heterocycles. The van der Waals surface area contributed by atoms with Gasteiger partial charge in [-0.2, -0.15) is 0 Å². The van der Waals surface area contributed by atoms with Gasteiger partial charge in [-0.15, -0.1) is 0 Å². The molecule has 11 aromatic rings. The Kier molecular flexibility index (Phi) is 6.79. The molecule has 0 aliphatic carbocycles. The summed E-state index contributed by atoms with van der Waals surface area (Å²) in [5.41, 5.74) is 9.81. The third-order valence-corrected chi connectivity index (χ3v) is 10.4. The quantitative estimate of drug-likeness (QED) is 0.180. The number of furan rings is 1. The van der Waals surface area contributed by atoms with E-state index in [2.05, 4.69) is 126 Å². The molecule has 252 valence electrons. The van der Waals surface area contributed by atoms with Crippen LogP contribution < -0.4 is 0 Å². The minimum atomic E-state index is 0.586. The maximum Gasteiger partial charge on any atom is 0.164 e. The summed E-state index contributed by atoms with van der Waals surface area (Å²) >= 11 is 0. The molecule has 0 fully saturated rings. The van der Waals surface area contributed by atoms with E-state index < -0.39 is 0 Å². The minimum absolute atomic E-state index is 0.586. The Labute approximate surface area is 310 Å². The summed E-state index contributed by atoms with van der Waals surface area (Å²) in [7, 11) is 0. The predicted octanol–water partition coefficient (Wildman–Crippen LogP) is 12.7. The number of rotatable bonds is 5. The van der Waals surface area contributed by atoms with Crippen LogP contribution in [0.1, 0.15) is 0 Å². The van der Waals surface area contributed by atoms with Crippen LogP contribution in [-0.2, 0) is 0 Å². The van der Waals surface area contributed by atoms with Crippen molar-refractivity contribution in [2.45, 2.75) is 0 Å². The van der Waals surface area contributed by atoms with E-state index in [1.165, 1.54) is 21.5 Å². The van der Waals surface area contributed by atoms with E-state index in [9.17, 15) is 0 Å². The molecule has 5 heteroatoms. The fourth-order valence-corrected chi connectivity index (χ4v) is 7.89. The van der Waals surface area contributed by atoms with Crippen LogP contribution >= 0.6 is 0 Å². The van der Waals surface area contributed by atoms with Crippen molar-refractivity contribution in [1.82, 2.24) is 19.5 Å². The van der Waals surface area contributed by atoms with E-state index in [1.54, 1.807) is 0 Å². The number of hydrogen-bond donors (Lipinski definition) is 0. The molecule has 3 aromatic heterocycles. The SMILES string of the molecule is c1ccc(-c2nc(-c3ccccc3)nc(-c3ccc4c(c3)oc3c(-c5ccc6ccccc6c5)ccc(-n5c6ccccc6c6ccccc65)c34)n2)cc1. The lowest BCUT2D eigenvalue weighted by atomic mass is 9.98. The van der Waals surface area contributed by atoms with Gasteiger partial charge < -0.3 is 8.98 Å². The zero-order chi connectivity index (χ0) is 35.6. The standard InChI is InChI=1S/C49H30N4O/c1-3-14-32(15-4-1)47-50-48(33-16-5-2-6-17-33)52-49(51-47)36-25-26-40-44(30-36)54-46-37(35-24-23-31-13-7-8-18-34(31)29-35)27-28-43(45(40)46)53-41-21-11-9-19-38(41)39-20-10-12-22-42(39)53/h1-30H. The Bertz CT molecular complexity index is 3110. The zero-order valence-corrected chi connectivity index (χ0v) is 29.0. The predicted molar refractivity (Wildman–Crippen MR) is 221 cm³/mol. The fraction of sp³-hybridized carbons (Fsp3) is 0. The summed E-state index contributed by atoms with van der Waals surface area (Å²) in [4.78, 5) is 14.9. The highest BCUT2D eigenvalue weighted by molar-refractivity contribution is 6.17. The first-order valence-corrected chi connectivity index (χ1v) is 18.1. The van der Waals surface area contributed by atoms with E-state index in [4.69, 9.17) is 19.4 Å².